The standard InChI is InChI=1S/C24H34N2O6/c1-6-24(2,3)21(27)23(29)26-16-8-7-9-18(26)22(28)25(15-16)12-13-32-17-10-11-19(30-4)20(14-17)31-5/h10-11,14,16,18H,6-9,12-13,15H2,1-5H3. The fourth-order valence-corrected chi connectivity index (χ4v) is 4.31. The molecule has 32 heavy (non-hydrogen) atoms. The highest BCUT2D eigenvalue weighted by atomic mass is 16.5. The van der Waals surface area contributed by atoms with Crippen molar-refractivity contribution in [3.8, 4) is 17.2 Å². The van der Waals surface area contributed by atoms with Gasteiger partial charge >= 0.3 is 0 Å². The molecule has 8 nitrogen and oxygen atoms in total. The van der Waals surface area contributed by atoms with Crippen LogP contribution in [0.1, 0.15) is 46.5 Å². The van der Waals surface area contributed by atoms with Crippen molar-refractivity contribution in [2.45, 2.75) is 58.5 Å². The van der Waals surface area contributed by atoms with Crippen LogP contribution in [-0.2, 0) is 14.4 Å². The zero-order valence-electron chi connectivity index (χ0n) is 19.7. The number of piperidine rings is 1. The molecule has 2 bridgehead atoms. The number of piperazine rings is 1. The van der Waals surface area contributed by atoms with Crippen LogP contribution in [0.5, 0.6) is 17.2 Å². The number of methoxy groups -OCH3 is 2. The molecular weight excluding hydrogens is 412 g/mol. The monoisotopic (exact) mass is 446 g/mol. The van der Waals surface area contributed by atoms with Gasteiger partial charge < -0.3 is 24.0 Å². The molecule has 2 aliphatic heterocycles. The number of nitrogens with zero attached hydrogens (tertiary/aromatic N) is 2. The predicted molar refractivity (Wildman–Crippen MR) is 119 cm³/mol. The lowest BCUT2D eigenvalue weighted by Gasteiger charge is -2.49. The van der Waals surface area contributed by atoms with Crippen LogP contribution < -0.4 is 14.2 Å². The van der Waals surface area contributed by atoms with Crippen molar-refractivity contribution in [1.29, 1.82) is 0 Å². The maximum absolute atomic E-state index is 13.1. The minimum atomic E-state index is -0.723. The van der Waals surface area contributed by atoms with Crippen molar-refractivity contribution >= 4 is 17.6 Å². The highest BCUT2D eigenvalue weighted by molar-refractivity contribution is 6.38. The Balaban J connectivity index is 1.64. The third-order valence-electron chi connectivity index (χ3n) is 6.68. The van der Waals surface area contributed by atoms with Gasteiger partial charge in [0.05, 0.1) is 26.8 Å². The van der Waals surface area contributed by atoms with E-state index in [4.69, 9.17) is 14.2 Å². The summed E-state index contributed by atoms with van der Waals surface area (Å²) in [7, 11) is 3.13. The number of ketones is 1. The number of fused-ring (bicyclic) bond motifs is 2. The third kappa shape index (κ3) is 4.69. The van der Waals surface area contributed by atoms with E-state index in [1.54, 1.807) is 56.1 Å². The van der Waals surface area contributed by atoms with E-state index >= 15 is 0 Å². The number of hydrogen-bond donors (Lipinski definition) is 0. The first-order valence-electron chi connectivity index (χ1n) is 11.2. The molecule has 0 aromatic heterocycles. The first-order valence-corrected chi connectivity index (χ1v) is 11.2. The first-order chi connectivity index (χ1) is 15.2. The van der Waals surface area contributed by atoms with Crippen LogP contribution >= 0.6 is 0 Å². The predicted octanol–water partition coefficient (Wildman–Crippen LogP) is 2.68. The molecule has 0 N–H and O–H groups in total. The Morgan fingerprint density at radius 3 is 2.50 bits per heavy atom. The van der Waals surface area contributed by atoms with Crippen LogP contribution in [0, 0.1) is 5.41 Å². The van der Waals surface area contributed by atoms with Gasteiger partial charge in [-0.3, -0.25) is 14.4 Å². The zero-order valence-corrected chi connectivity index (χ0v) is 19.7. The van der Waals surface area contributed by atoms with Gasteiger partial charge in [0.1, 0.15) is 18.4 Å². The van der Waals surface area contributed by atoms with Crippen molar-refractivity contribution < 1.29 is 28.6 Å². The summed E-state index contributed by atoms with van der Waals surface area (Å²) in [6.07, 6.45) is 2.84. The fraction of sp³-hybridized carbons (Fsp3) is 0.625. The van der Waals surface area contributed by atoms with Crippen molar-refractivity contribution in [1.82, 2.24) is 9.80 Å². The van der Waals surface area contributed by atoms with Crippen LogP contribution in [0.15, 0.2) is 18.2 Å². The number of ether oxygens (including phenoxy) is 3. The van der Waals surface area contributed by atoms with Gasteiger partial charge in [0, 0.05) is 18.0 Å². The zero-order chi connectivity index (χ0) is 23.5. The van der Waals surface area contributed by atoms with E-state index in [1.165, 1.54) is 0 Å². The number of rotatable bonds is 9. The van der Waals surface area contributed by atoms with E-state index < -0.39 is 23.1 Å². The molecule has 2 amide bonds. The fourth-order valence-electron chi connectivity index (χ4n) is 4.31. The van der Waals surface area contributed by atoms with Gasteiger partial charge in [-0.25, -0.2) is 0 Å². The Labute approximate surface area is 189 Å². The summed E-state index contributed by atoms with van der Waals surface area (Å²) in [5.74, 6) is 0.784. The molecule has 0 saturated carbocycles. The van der Waals surface area contributed by atoms with Crippen LogP contribution in [0.25, 0.3) is 0 Å². The van der Waals surface area contributed by atoms with E-state index in [1.807, 2.05) is 6.92 Å². The minimum absolute atomic E-state index is 0.104. The summed E-state index contributed by atoms with van der Waals surface area (Å²) < 4.78 is 16.4. The number of benzene rings is 1. The molecule has 3 rings (SSSR count). The van der Waals surface area contributed by atoms with Crippen molar-refractivity contribution in [3.05, 3.63) is 18.2 Å². The van der Waals surface area contributed by atoms with Gasteiger partial charge in [0.15, 0.2) is 11.5 Å². The molecule has 2 unspecified atom stereocenters. The van der Waals surface area contributed by atoms with Gasteiger partial charge in [-0.05, 0) is 37.8 Å². The molecular formula is C24H34N2O6. The molecule has 2 heterocycles. The van der Waals surface area contributed by atoms with Crippen LogP contribution in [0.3, 0.4) is 0 Å². The maximum atomic E-state index is 13.1. The lowest BCUT2D eigenvalue weighted by Crippen LogP contribution is -2.67. The van der Waals surface area contributed by atoms with E-state index in [0.29, 0.717) is 49.8 Å². The second-order valence-electron chi connectivity index (χ2n) is 9.03. The second kappa shape index (κ2) is 9.79. The summed E-state index contributed by atoms with van der Waals surface area (Å²) in [6.45, 7) is 6.62. The number of likely N-dealkylation sites (tertiary alicyclic amines) is 1. The number of carbonyl (C=O) groups excluding carboxylic acids is 3. The summed E-state index contributed by atoms with van der Waals surface area (Å²) in [5.41, 5.74) is -0.723. The lowest BCUT2D eigenvalue weighted by molar-refractivity contribution is -0.165. The Hall–Kier alpha value is -2.77. The largest absolute Gasteiger partial charge is 0.493 e. The Morgan fingerprint density at radius 2 is 1.84 bits per heavy atom. The minimum Gasteiger partial charge on any atom is -0.493 e. The molecule has 2 atom stereocenters. The van der Waals surface area contributed by atoms with Gasteiger partial charge in [-0.2, -0.15) is 0 Å². The van der Waals surface area contributed by atoms with Crippen molar-refractivity contribution in [3.63, 3.8) is 0 Å². The number of carbonyl (C=O) groups is 3. The molecule has 0 radical (unpaired) electrons. The summed E-state index contributed by atoms with van der Waals surface area (Å²) in [5, 5.41) is 0. The molecule has 2 fully saturated rings. The molecule has 1 aromatic rings. The van der Waals surface area contributed by atoms with Gasteiger partial charge in [-0.15, -0.1) is 0 Å². The lowest BCUT2D eigenvalue weighted by atomic mass is 9.82. The van der Waals surface area contributed by atoms with Gasteiger partial charge in [-0.1, -0.05) is 20.8 Å². The quantitative estimate of drug-likeness (QED) is 0.542. The number of hydrogen-bond acceptors (Lipinski definition) is 6. The summed E-state index contributed by atoms with van der Waals surface area (Å²) in [4.78, 5) is 42.3. The molecule has 1 aromatic carbocycles. The molecule has 2 saturated heterocycles. The Morgan fingerprint density at radius 1 is 1.12 bits per heavy atom. The normalized spacial score (nSPS) is 20.7. The number of Topliss-reactive ketones (excluding diaryl/α,β-unsaturated/α-hetero) is 1. The van der Waals surface area contributed by atoms with Crippen LogP contribution in [0.2, 0.25) is 0 Å². The summed E-state index contributed by atoms with van der Waals surface area (Å²) in [6, 6.07) is 4.61. The second-order valence-corrected chi connectivity index (χ2v) is 9.03. The van der Waals surface area contributed by atoms with E-state index in [0.717, 1.165) is 12.8 Å². The third-order valence-corrected chi connectivity index (χ3v) is 6.68. The molecule has 8 heteroatoms. The smallest absolute Gasteiger partial charge is 0.291 e. The maximum Gasteiger partial charge on any atom is 0.291 e. The Kier molecular flexibility index (Phi) is 7.31. The summed E-state index contributed by atoms with van der Waals surface area (Å²) >= 11 is 0. The molecule has 0 spiro atoms. The highest BCUT2D eigenvalue weighted by Crippen LogP contribution is 2.33. The first kappa shape index (κ1) is 23.9. The highest BCUT2D eigenvalue weighted by Gasteiger charge is 2.48. The average Bonchev–Trinajstić information content (AvgIpc) is 2.80. The number of amides is 2. The average molecular weight is 447 g/mol. The topological polar surface area (TPSA) is 85.4 Å². The Bertz CT molecular complexity index is 868. The van der Waals surface area contributed by atoms with Crippen molar-refractivity contribution in [2.24, 2.45) is 5.41 Å². The molecule has 0 aliphatic carbocycles. The van der Waals surface area contributed by atoms with E-state index in [2.05, 4.69) is 0 Å². The van der Waals surface area contributed by atoms with E-state index in [-0.39, 0.29) is 11.9 Å². The van der Waals surface area contributed by atoms with Crippen molar-refractivity contribution in [2.75, 3.05) is 33.9 Å². The van der Waals surface area contributed by atoms with Crippen LogP contribution in [-0.4, -0.2) is 73.4 Å². The molecule has 2 aliphatic rings. The van der Waals surface area contributed by atoms with Gasteiger partial charge in [0.2, 0.25) is 11.7 Å². The SMILES string of the molecule is CCC(C)(C)C(=O)C(=O)N1C2CCCC1C(=O)N(CCOc1ccc(OC)c(OC)c1)C2. The van der Waals surface area contributed by atoms with Gasteiger partial charge in [0.25, 0.3) is 5.91 Å². The van der Waals surface area contributed by atoms with Crippen LogP contribution in [0.4, 0.5) is 0 Å². The van der Waals surface area contributed by atoms with E-state index in [9.17, 15) is 14.4 Å². The molecule has 176 valence electrons.